The third-order valence-electron chi connectivity index (χ3n) is 4.25. The topological polar surface area (TPSA) is 77.7 Å². The molecule has 0 aliphatic carbocycles. The highest BCUT2D eigenvalue weighted by Crippen LogP contribution is 2.22. The molecule has 0 aliphatic rings. The third kappa shape index (κ3) is 5.74. The molecule has 0 atom stereocenters. The molecule has 0 fully saturated rings. The van der Waals surface area contributed by atoms with Crippen molar-refractivity contribution in [3.8, 4) is 22.9 Å². The Bertz CT molecular complexity index is 943. The van der Waals surface area contributed by atoms with Crippen LogP contribution in [0.4, 0.5) is 0 Å². The summed E-state index contributed by atoms with van der Waals surface area (Å²) in [5, 5.41) is 4.00. The van der Waals surface area contributed by atoms with Gasteiger partial charge in [-0.1, -0.05) is 29.4 Å². The van der Waals surface area contributed by atoms with Crippen LogP contribution < -0.4 is 9.47 Å². The number of aromatic nitrogens is 2. The largest absolute Gasteiger partial charge is 0.497 e. The van der Waals surface area contributed by atoms with Gasteiger partial charge in [0, 0.05) is 18.4 Å². The highest BCUT2D eigenvalue weighted by molar-refractivity contribution is 7.99. The fourth-order valence-electron chi connectivity index (χ4n) is 2.58. The SMILES string of the molecule is COc1ccc(CSCC(=O)N(C)Cc2nc(-c3cccc(OC)c3)no2)cc1. The van der Waals surface area contributed by atoms with E-state index in [-0.39, 0.29) is 12.5 Å². The summed E-state index contributed by atoms with van der Waals surface area (Å²) in [6, 6.07) is 15.2. The van der Waals surface area contributed by atoms with Gasteiger partial charge in [0.15, 0.2) is 0 Å². The maximum Gasteiger partial charge on any atom is 0.246 e. The van der Waals surface area contributed by atoms with Crippen LogP contribution in [0.3, 0.4) is 0 Å². The van der Waals surface area contributed by atoms with Gasteiger partial charge in [0.05, 0.1) is 26.5 Å². The van der Waals surface area contributed by atoms with Crippen molar-refractivity contribution in [1.29, 1.82) is 0 Å². The van der Waals surface area contributed by atoms with Crippen LogP contribution in [0.2, 0.25) is 0 Å². The molecule has 3 aromatic rings. The second-order valence-corrected chi connectivity index (χ2v) is 7.32. The van der Waals surface area contributed by atoms with Crippen molar-refractivity contribution in [2.75, 3.05) is 27.0 Å². The average Bonchev–Trinajstić information content (AvgIpc) is 3.22. The van der Waals surface area contributed by atoms with E-state index in [2.05, 4.69) is 10.1 Å². The summed E-state index contributed by atoms with van der Waals surface area (Å²) >= 11 is 1.56. The fraction of sp³-hybridized carbons (Fsp3) is 0.286. The third-order valence-corrected chi connectivity index (χ3v) is 5.24. The second-order valence-electron chi connectivity index (χ2n) is 6.33. The summed E-state index contributed by atoms with van der Waals surface area (Å²) < 4.78 is 15.7. The molecule has 2 aromatic carbocycles. The summed E-state index contributed by atoms with van der Waals surface area (Å²) in [6.07, 6.45) is 0. The molecule has 1 heterocycles. The number of thioether (sulfide) groups is 1. The molecule has 0 unspecified atom stereocenters. The predicted molar refractivity (Wildman–Crippen MR) is 112 cm³/mol. The summed E-state index contributed by atoms with van der Waals surface area (Å²) in [4.78, 5) is 18.3. The van der Waals surface area contributed by atoms with Gasteiger partial charge in [-0.15, -0.1) is 11.8 Å². The van der Waals surface area contributed by atoms with Gasteiger partial charge in [0.25, 0.3) is 0 Å². The van der Waals surface area contributed by atoms with E-state index in [0.29, 0.717) is 17.5 Å². The molecule has 0 N–H and O–H groups in total. The van der Waals surface area contributed by atoms with Crippen LogP contribution in [-0.2, 0) is 17.1 Å². The number of nitrogens with zero attached hydrogens (tertiary/aromatic N) is 3. The summed E-state index contributed by atoms with van der Waals surface area (Å²) in [5.41, 5.74) is 1.94. The number of ether oxygens (including phenoxy) is 2. The van der Waals surface area contributed by atoms with Crippen molar-refractivity contribution >= 4 is 17.7 Å². The number of carbonyl (C=O) groups excluding carboxylic acids is 1. The Labute approximate surface area is 174 Å². The monoisotopic (exact) mass is 413 g/mol. The van der Waals surface area contributed by atoms with Crippen LogP contribution in [0.5, 0.6) is 11.5 Å². The first-order valence-corrected chi connectivity index (χ1v) is 10.2. The average molecular weight is 413 g/mol. The van der Waals surface area contributed by atoms with Gasteiger partial charge in [-0.25, -0.2) is 0 Å². The first-order chi connectivity index (χ1) is 14.1. The lowest BCUT2D eigenvalue weighted by Gasteiger charge is -2.14. The summed E-state index contributed by atoms with van der Waals surface area (Å²) in [6.45, 7) is 0.263. The molecular formula is C21H23N3O4S. The Morgan fingerprint density at radius 2 is 1.86 bits per heavy atom. The van der Waals surface area contributed by atoms with Crippen LogP contribution in [0, 0.1) is 0 Å². The molecule has 8 heteroatoms. The second kappa shape index (κ2) is 9.97. The molecule has 0 spiro atoms. The fourth-order valence-corrected chi connectivity index (χ4v) is 3.50. The molecule has 0 aliphatic heterocycles. The van der Waals surface area contributed by atoms with Crippen molar-refractivity contribution in [1.82, 2.24) is 15.0 Å². The normalized spacial score (nSPS) is 10.6. The number of benzene rings is 2. The van der Waals surface area contributed by atoms with E-state index in [4.69, 9.17) is 14.0 Å². The predicted octanol–water partition coefficient (Wildman–Crippen LogP) is 3.65. The summed E-state index contributed by atoms with van der Waals surface area (Å²) in [7, 11) is 4.97. The van der Waals surface area contributed by atoms with Crippen LogP contribution in [0.25, 0.3) is 11.4 Å². The van der Waals surface area contributed by atoms with Gasteiger partial charge in [0.1, 0.15) is 11.5 Å². The van der Waals surface area contributed by atoms with E-state index >= 15 is 0 Å². The first kappa shape index (κ1) is 20.7. The van der Waals surface area contributed by atoms with Crippen molar-refractivity contribution in [2.45, 2.75) is 12.3 Å². The molecule has 0 bridgehead atoms. The van der Waals surface area contributed by atoms with Crippen LogP contribution in [0.1, 0.15) is 11.5 Å². The molecule has 1 aromatic heterocycles. The van der Waals surface area contributed by atoms with E-state index in [0.717, 1.165) is 28.4 Å². The number of amides is 1. The van der Waals surface area contributed by atoms with Gasteiger partial charge in [-0.05, 0) is 29.8 Å². The minimum absolute atomic E-state index is 0.00430. The lowest BCUT2D eigenvalue weighted by Crippen LogP contribution is -2.28. The van der Waals surface area contributed by atoms with Crippen molar-refractivity contribution < 1.29 is 18.8 Å². The highest BCUT2D eigenvalue weighted by Gasteiger charge is 2.15. The highest BCUT2D eigenvalue weighted by atomic mass is 32.2. The molecule has 152 valence electrons. The number of carbonyl (C=O) groups is 1. The lowest BCUT2D eigenvalue weighted by molar-refractivity contribution is -0.127. The molecular weight excluding hydrogens is 390 g/mol. The van der Waals surface area contributed by atoms with Gasteiger partial charge >= 0.3 is 0 Å². The van der Waals surface area contributed by atoms with E-state index in [1.165, 1.54) is 0 Å². The zero-order chi connectivity index (χ0) is 20.6. The zero-order valence-corrected chi connectivity index (χ0v) is 17.4. The van der Waals surface area contributed by atoms with E-state index in [9.17, 15) is 4.79 Å². The van der Waals surface area contributed by atoms with Gasteiger partial charge in [-0.2, -0.15) is 4.98 Å². The Balaban J connectivity index is 1.49. The number of hydrogen-bond acceptors (Lipinski definition) is 7. The smallest absolute Gasteiger partial charge is 0.246 e. The minimum atomic E-state index is 0.00430. The summed E-state index contributed by atoms with van der Waals surface area (Å²) in [5.74, 6) is 3.53. The molecule has 7 nitrogen and oxygen atoms in total. The Morgan fingerprint density at radius 3 is 2.59 bits per heavy atom. The van der Waals surface area contributed by atoms with E-state index in [1.54, 1.807) is 37.9 Å². The molecule has 0 radical (unpaired) electrons. The first-order valence-electron chi connectivity index (χ1n) is 9.00. The number of methoxy groups -OCH3 is 2. The van der Waals surface area contributed by atoms with Crippen LogP contribution in [-0.4, -0.2) is 48.0 Å². The van der Waals surface area contributed by atoms with Gasteiger partial charge in [0.2, 0.25) is 17.6 Å². The van der Waals surface area contributed by atoms with E-state index in [1.807, 2.05) is 48.5 Å². The van der Waals surface area contributed by atoms with Crippen molar-refractivity contribution in [2.24, 2.45) is 0 Å². The van der Waals surface area contributed by atoms with Crippen LogP contribution in [0.15, 0.2) is 53.1 Å². The van der Waals surface area contributed by atoms with Crippen LogP contribution >= 0.6 is 11.8 Å². The molecule has 3 rings (SSSR count). The van der Waals surface area contributed by atoms with E-state index < -0.39 is 0 Å². The molecule has 0 saturated heterocycles. The minimum Gasteiger partial charge on any atom is -0.497 e. The quantitative estimate of drug-likeness (QED) is 0.530. The maximum absolute atomic E-state index is 12.4. The Kier molecular flexibility index (Phi) is 7.13. The standard InChI is InChI=1S/C21H23N3O4S/c1-24(20(25)14-29-13-15-7-9-17(26-2)10-8-15)12-19-22-21(23-28-19)16-5-4-6-18(11-16)27-3/h4-11H,12-14H2,1-3H3. The van der Waals surface area contributed by atoms with Gasteiger partial charge in [-0.3, -0.25) is 4.79 Å². The molecule has 29 heavy (non-hydrogen) atoms. The van der Waals surface area contributed by atoms with Crippen molar-refractivity contribution in [3.05, 3.63) is 60.0 Å². The number of rotatable bonds is 9. The molecule has 0 saturated carbocycles. The van der Waals surface area contributed by atoms with Crippen molar-refractivity contribution in [3.63, 3.8) is 0 Å². The zero-order valence-electron chi connectivity index (χ0n) is 16.6. The molecule has 1 amide bonds. The number of hydrogen-bond donors (Lipinski definition) is 0. The Hall–Kier alpha value is -3.00. The lowest BCUT2D eigenvalue weighted by atomic mass is 10.2. The Morgan fingerprint density at radius 1 is 1.10 bits per heavy atom. The maximum atomic E-state index is 12.4. The van der Waals surface area contributed by atoms with Gasteiger partial charge < -0.3 is 18.9 Å².